The zero-order valence-corrected chi connectivity index (χ0v) is 8.88. The third-order valence-corrected chi connectivity index (χ3v) is 0.742. The molecule has 0 saturated carbocycles. The average molecular weight is 225 g/mol. The van der Waals surface area contributed by atoms with E-state index in [2.05, 4.69) is 4.74 Å². The molecule has 0 aliphatic rings. The molecule has 0 amide bonds. The maximum atomic E-state index is 10.2. The van der Waals surface area contributed by atoms with Gasteiger partial charge < -0.3 is 26.2 Å². The summed E-state index contributed by atoms with van der Waals surface area (Å²) >= 11 is 0. The summed E-state index contributed by atoms with van der Waals surface area (Å²) < 4.78 is 5.23. The number of ether oxygens (including phenoxy) is 1. The summed E-state index contributed by atoms with van der Waals surface area (Å²) in [5.41, 5.74) is 0. The minimum Gasteiger partial charge on any atom is -1.00 e. The molecule has 4 heteroatoms. The second kappa shape index (κ2) is 5.32. The Morgan fingerprint density at radius 2 is 1.82 bits per heavy atom. The van der Waals surface area contributed by atoms with Crippen molar-refractivity contribution < 1.29 is 31.0 Å². The Labute approximate surface area is 78.0 Å². The van der Waals surface area contributed by atoms with Gasteiger partial charge in [-0.25, -0.2) is 0 Å². The molecule has 0 aliphatic heterocycles. The summed E-state index contributed by atoms with van der Waals surface area (Å²) in [7, 11) is 5.92. The normalized spacial score (nSPS) is 10.9. The van der Waals surface area contributed by atoms with E-state index in [0.717, 1.165) is 0 Å². The Morgan fingerprint density at radius 1 is 1.36 bits per heavy atom. The smallest absolute Gasteiger partial charge is 0.307 e. The highest BCUT2D eigenvalue weighted by Crippen LogP contribution is 1.91. The Balaban J connectivity index is 0. The Morgan fingerprint density at radius 3 is 2.09 bits per heavy atom. The molecule has 0 rings (SSSR count). The second-order valence-corrected chi connectivity index (χ2v) is 3.01. The van der Waals surface area contributed by atoms with Gasteiger partial charge in [0.15, 0.2) is 0 Å². The van der Waals surface area contributed by atoms with Crippen LogP contribution < -0.4 is 17.0 Å². The van der Waals surface area contributed by atoms with Crippen molar-refractivity contribution in [2.45, 2.75) is 6.92 Å². The molecular weight excluding hydrogens is 211 g/mol. The molecule has 3 nitrogen and oxygen atoms in total. The average Bonchev–Trinajstić information content (AvgIpc) is 1.59. The third kappa shape index (κ3) is 12.8. The molecule has 0 atom stereocenters. The van der Waals surface area contributed by atoms with E-state index in [1.807, 2.05) is 21.1 Å². The van der Waals surface area contributed by atoms with E-state index in [4.69, 9.17) is 0 Å². The number of esters is 1. The molecule has 0 aliphatic carbocycles. The first-order chi connectivity index (χ1) is 4.42. The van der Waals surface area contributed by atoms with E-state index in [-0.39, 0.29) is 23.0 Å². The van der Waals surface area contributed by atoms with Crippen molar-refractivity contribution in [3.8, 4) is 0 Å². The van der Waals surface area contributed by atoms with Crippen LogP contribution in [0.4, 0.5) is 0 Å². The van der Waals surface area contributed by atoms with Crippen LogP contribution in [0.1, 0.15) is 6.92 Å². The standard InChI is InChI=1S/C7H14NO2.BrH/c1-7(9)10-6-5-8(2,3)4;/h5-6H,1-4H3;1H/q+1;/p-1/b6-5+;/i8+1;. The van der Waals surface area contributed by atoms with E-state index in [1.54, 1.807) is 6.20 Å². The van der Waals surface area contributed by atoms with Crippen LogP contribution >= 0.6 is 0 Å². The summed E-state index contributed by atoms with van der Waals surface area (Å²) in [4.78, 5) is 10.2. The van der Waals surface area contributed by atoms with Crippen LogP contribution in [0.3, 0.4) is 0 Å². The van der Waals surface area contributed by atoms with Gasteiger partial charge in [-0.05, 0) is 0 Å². The first kappa shape index (κ1) is 13.3. The van der Waals surface area contributed by atoms with Crippen molar-refractivity contribution in [2.75, 3.05) is 21.1 Å². The van der Waals surface area contributed by atoms with Crippen LogP contribution in [0.25, 0.3) is 0 Å². The topological polar surface area (TPSA) is 26.3 Å². The number of carbonyl (C=O) groups excluding carboxylic acids is 1. The number of carbonyl (C=O) groups is 1. The lowest BCUT2D eigenvalue weighted by Gasteiger charge is -2.16. The monoisotopic (exact) mass is 224 g/mol. The number of rotatable bonds is 2. The molecule has 0 bridgehead atoms. The quantitative estimate of drug-likeness (QED) is 0.229. The first-order valence-corrected chi connectivity index (χ1v) is 3.08. The summed E-state index contributed by atoms with van der Waals surface area (Å²) in [5, 5.41) is 0. The van der Waals surface area contributed by atoms with E-state index >= 15 is 0 Å². The van der Waals surface area contributed by atoms with Crippen LogP contribution in [0.2, 0.25) is 0 Å². The van der Waals surface area contributed by atoms with Crippen LogP contribution in [-0.4, -0.2) is 31.6 Å². The van der Waals surface area contributed by atoms with Gasteiger partial charge in [0, 0.05) is 6.92 Å². The molecule has 66 valence electrons. The van der Waals surface area contributed by atoms with E-state index in [9.17, 15) is 4.79 Å². The molecule has 0 spiro atoms. The third-order valence-electron chi connectivity index (χ3n) is 0.742. The molecule has 0 aromatic heterocycles. The molecular formula is C7H14BrNO2. The summed E-state index contributed by atoms with van der Waals surface area (Å²) in [6, 6.07) is 0. The largest absolute Gasteiger partial charge is 1.00 e. The zero-order valence-electron chi connectivity index (χ0n) is 7.30. The van der Waals surface area contributed by atoms with Gasteiger partial charge in [0.25, 0.3) is 0 Å². The minimum atomic E-state index is -0.287. The van der Waals surface area contributed by atoms with Crippen LogP contribution in [0.15, 0.2) is 12.5 Å². The lowest BCUT2D eigenvalue weighted by Crippen LogP contribution is -3.00. The predicted octanol–water partition coefficient (Wildman–Crippen LogP) is -2.27. The van der Waals surface area contributed by atoms with Gasteiger partial charge in [-0.1, -0.05) is 0 Å². The Hall–Kier alpha value is -0.350. The maximum Gasteiger partial charge on any atom is 0.307 e. The summed E-state index contributed by atoms with van der Waals surface area (Å²) in [5.74, 6) is -0.287. The van der Waals surface area contributed by atoms with Gasteiger partial charge >= 0.3 is 5.97 Å². The predicted molar refractivity (Wildman–Crippen MR) is 38.9 cm³/mol. The lowest BCUT2D eigenvalue weighted by atomic mass is 10.8. The molecule has 0 radical (unpaired) electrons. The van der Waals surface area contributed by atoms with Gasteiger partial charge in [-0.3, -0.25) is 4.79 Å². The highest BCUT2D eigenvalue weighted by atomic mass is 79.9. The summed E-state index contributed by atoms with van der Waals surface area (Å²) in [6.45, 7) is 1.38. The molecule has 0 aromatic carbocycles. The van der Waals surface area contributed by atoms with Crippen molar-refractivity contribution in [1.82, 2.24) is 0 Å². The SMILES string of the molecule is CC(=O)O/C=C/[15N+](C)(C)C.[Br-]. The van der Waals surface area contributed by atoms with E-state index in [1.165, 1.54) is 13.2 Å². The van der Waals surface area contributed by atoms with Gasteiger partial charge in [-0.2, -0.15) is 0 Å². The first-order valence-electron chi connectivity index (χ1n) is 3.08. The second-order valence-electron chi connectivity index (χ2n) is 3.01. The van der Waals surface area contributed by atoms with Crippen molar-refractivity contribution in [1.29, 1.82) is 0 Å². The molecule has 0 aromatic rings. The molecule has 11 heavy (non-hydrogen) atoms. The Kier molecular flexibility index (Phi) is 6.41. The van der Waals surface area contributed by atoms with Crippen LogP contribution in [0.5, 0.6) is 0 Å². The number of quaternary nitrogens is 1. The fraction of sp³-hybridized carbons (Fsp3) is 0.571. The molecule has 0 N–H and O–H groups in total. The highest BCUT2D eigenvalue weighted by Gasteiger charge is 1.99. The highest BCUT2D eigenvalue weighted by molar-refractivity contribution is 5.66. The zero-order chi connectivity index (χ0) is 8.20. The fourth-order valence-electron chi connectivity index (χ4n) is 0.309. The molecule has 0 unspecified atom stereocenters. The van der Waals surface area contributed by atoms with E-state index < -0.39 is 0 Å². The number of halogens is 1. The lowest BCUT2D eigenvalue weighted by molar-refractivity contribution is -0.817. The van der Waals surface area contributed by atoms with Crippen LogP contribution in [-0.2, 0) is 9.53 Å². The molecule has 0 fully saturated rings. The number of hydrogen-bond acceptors (Lipinski definition) is 2. The van der Waals surface area contributed by atoms with Crippen molar-refractivity contribution in [2.24, 2.45) is 0 Å². The van der Waals surface area contributed by atoms with Crippen LogP contribution in [0, 0.1) is 0 Å². The van der Waals surface area contributed by atoms with Crippen molar-refractivity contribution in [3.05, 3.63) is 12.5 Å². The minimum absolute atomic E-state index is 0. The van der Waals surface area contributed by atoms with Crippen molar-refractivity contribution >= 4 is 5.97 Å². The van der Waals surface area contributed by atoms with Gasteiger partial charge in [-0.15, -0.1) is 0 Å². The molecule has 0 heterocycles. The Bertz CT molecular complexity index is 149. The maximum absolute atomic E-state index is 10.2. The fourth-order valence-corrected chi connectivity index (χ4v) is 0.309. The van der Waals surface area contributed by atoms with E-state index in [0.29, 0.717) is 4.48 Å². The molecule has 0 saturated heterocycles. The number of nitrogens with zero attached hydrogens (tertiary/aromatic N) is 1. The van der Waals surface area contributed by atoms with Gasteiger partial charge in [0.05, 0.1) is 21.1 Å². The summed E-state index contributed by atoms with van der Waals surface area (Å²) in [6.07, 6.45) is 3.18. The van der Waals surface area contributed by atoms with Gasteiger partial charge in [0.1, 0.15) is 12.5 Å². The number of hydrogen-bond donors (Lipinski definition) is 0. The van der Waals surface area contributed by atoms with Crippen molar-refractivity contribution in [3.63, 3.8) is 0 Å². The van der Waals surface area contributed by atoms with Gasteiger partial charge in [0.2, 0.25) is 0 Å².